The molecule has 7 nitrogen and oxygen atoms in total. The molecule has 1 heterocycles. The second kappa shape index (κ2) is 5.17. The quantitative estimate of drug-likeness (QED) is 0.762. The van der Waals surface area contributed by atoms with E-state index in [0.717, 1.165) is 38.4 Å². The van der Waals surface area contributed by atoms with Gasteiger partial charge in [-0.3, -0.25) is 0 Å². The summed E-state index contributed by atoms with van der Waals surface area (Å²) in [7, 11) is -3.47. The third kappa shape index (κ3) is 2.87. The van der Waals surface area contributed by atoms with Crippen LogP contribution in [0, 0.1) is 0 Å². The van der Waals surface area contributed by atoms with Crippen molar-refractivity contribution in [3.63, 3.8) is 0 Å². The second-order valence-electron chi connectivity index (χ2n) is 6.12. The van der Waals surface area contributed by atoms with Gasteiger partial charge in [0.05, 0.1) is 12.1 Å². The van der Waals surface area contributed by atoms with Crippen molar-refractivity contribution in [3.05, 3.63) is 0 Å². The minimum Gasteiger partial charge on any atom is -0.391 e. The molecule has 1 aromatic rings. The first-order valence-corrected chi connectivity index (χ1v) is 9.29. The van der Waals surface area contributed by atoms with Crippen LogP contribution in [0.15, 0.2) is 4.90 Å². The molecular formula is C13H22N4O3S. The van der Waals surface area contributed by atoms with Crippen molar-refractivity contribution in [2.45, 2.75) is 61.6 Å². The van der Waals surface area contributed by atoms with Crippen molar-refractivity contribution in [1.82, 2.24) is 9.78 Å². The van der Waals surface area contributed by atoms with E-state index >= 15 is 0 Å². The number of rotatable bonds is 4. The summed E-state index contributed by atoms with van der Waals surface area (Å²) in [6.45, 7) is 0. The van der Waals surface area contributed by atoms with E-state index in [9.17, 15) is 13.5 Å². The van der Waals surface area contributed by atoms with Gasteiger partial charge in [0.2, 0.25) is 0 Å². The Morgan fingerprint density at radius 1 is 1.29 bits per heavy atom. The Morgan fingerprint density at radius 3 is 2.52 bits per heavy atom. The molecule has 2 fully saturated rings. The van der Waals surface area contributed by atoms with Crippen molar-refractivity contribution in [2.75, 3.05) is 17.3 Å². The van der Waals surface area contributed by atoms with E-state index in [2.05, 4.69) is 10.4 Å². The molecule has 0 amide bonds. The molecule has 2 aliphatic rings. The van der Waals surface area contributed by atoms with Crippen LogP contribution in [-0.4, -0.2) is 41.7 Å². The van der Waals surface area contributed by atoms with Gasteiger partial charge in [-0.15, -0.1) is 0 Å². The van der Waals surface area contributed by atoms with E-state index < -0.39 is 15.9 Å². The van der Waals surface area contributed by atoms with Gasteiger partial charge in [-0.25, -0.2) is 13.1 Å². The molecular weight excluding hydrogens is 292 g/mol. The van der Waals surface area contributed by atoms with Crippen LogP contribution >= 0.6 is 0 Å². The van der Waals surface area contributed by atoms with Crippen LogP contribution in [0.4, 0.5) is 11.6 Å². The summed E-state index contributed by atoms with van der Waals surface area (Å²) in [5.41, 5.74) is 6.05. The topological polar surface area (TPSA) is 110 Å². The van der Waals surface area contributed by atoms with Gasteiger partial charge in [0.25, 0.3) is 0 Å². The van der Waals surface area contributed by atoms with Gasteiger partial charge >= 0.3 is 0 Å². The molecule has 2 aliphatic carbocycles. The molecule has 0 bridgehead atoms. The van der Waals surface area contributed by atoms with Crippen LogP contribution in [0.2, 0.25) is 0 Å². The van der Waals surface area contributed by atoms with Gasteiger partial charge in [-0.05, 0) is 25.7 Å². The van der Waals surface area contributed by atoms with Gasteiger partial charge in [0, 0.05) is 12.3 Å². The maximum atomic E-state index is 12.0. The SMILES string of the molecule is CS(=O)(=O)c1c(NC2CC2)nn(C2CCCCC2O)c1N. The highest BCUT2D eigenvalue weighted by Crippen LogP contribution is 2.37. The lowest BCUT2D eigenvalue weighted by Crippen LogP contribution is -2.29. The van der Waals surface area contributed by atoms with Crippen LogP contribution in [0.3, 0.4) is 0 Å². The van der Waals surface area contributed by atoms with E-state index in [1.54, 1.807) is 0 Å². The number of aromatic nitrogens is 2. The first-order valence-electron chi connectivity index (χ1n) is 7.40. The van der Waals surface area contributed by atoms with E-state index in [1.165, 1.54) is 4.68 Å². The summed E-state index contributed by atoms with van der Waals surface area (Å²) in [5.74, 6) is 0.460. The van der Waals surface area contributed by atoms with Crippen LogP contribution in [-0.2, 0) is 9.84 Å². The van der Waals surface area contributed by atoms with Crippen molar-refractivity contribution < 1.29 is 13.5 Å². The number of aliphatic hydroxyl groups excluding tert-OH is 1. The normalized spacial score (nSPS) is 26.8. The molecule has 2 saturated carbocycles. The molecule has 2 unspecified atom stereocenters. The fourth-order valence-corrected chi connectivity index (χ4v) is 3.87. The van der Waals surface area contributed by atoms with Crippen molar-refractivity contribution in [2.24, 2.45) is 0 Å². The van der Waals surface area contributed by atoms with E-state index in [-0.39, 0.29) is 22.8 Å². The van der Waals surface area contributed by atoms with Crippen LogP contribution < -0.4 is 11.1 Å². The molecule has 0 aliphatic heterocycles. The van der Waals surface area contributed by atoms with Crippen LogP contribution in [0.5, 0.6) is 0 Å². The van der Waals surface area contributed by atoms with Gasteiger partial charge in [0.1, 0.15) is 5.82 Å². The third-order valence-corrected chi connectivity index (χ3v) is 5.34. The van der Waals surface area contributed by atoms with Crippen molar-refractivity contribution in [3.8, 4) is 0 Å². The lowest BCUT2D eigenvalue weighted by Gasteiger charge is -2.28. The van der Waals surface area contributed by atoms with Gasteiger partial charge in [-0.2, -0.15) is 5.10 Å². The zero-order valence-electron chi connectivity index (χ0n) is 12.1. The maximum Gasteiger partial charge on any atom is 0.182 e. The number of hydrogen-bond acceptors (Lipinski definition) is 6. The highest BCUT2D eigenvalue weighted by Gasteiger charge is 2.33. The van der Waals surface area contributed by atoms with Crippen molar-refractivity contribution in [1.29, 1.82) is 0 Å². The summed E-state index contributed by atoms with van der Waals surface area (Å²) in [5, 5.41) is 17.7. The molecule has 8 heteroatoms. The van der Waals surface area contributed by atoms with Crippen LogP contribution in [0.1, 0.15) is 44.6 Å². The van der Waals surface area contributed by atoms with E-state index in [1.807, 2.05) is 0 Å². The van der Waals surface area contributed by atoms with Gasteiger partial charge < -0.3 is 16.2 Å². The minimum atomic E-state index is -3.47. The first-order chi connectivity index (χ1) is 9.88. The molecule has 0 spiro atoms. The monoisotopic (exact) mass is 314 g/mol. The van der Waals surface area contributed by atoms with E-state index in [4.69, 9.17) is 5.73 Å². The zero-order chi connectivity index (χ0) is 15.2. The standard InChI is InChI=1S/C13H22N4O3S/c1-21(19,20)11-12(14)17(9-4-2-3-5-10(9)18)16-13(11)15-8-6-7-8/h8-10,18H,2-7,14H2,1H3,(H,15,16). The molecule has 1 aromatic heterocycles. The number of aliphatic hydroxyl groups is 1. The highest BCUT2D eigenvalue weighted by molar-refractivity contribution is 7.91. The molecule has 21 heavy (non-hydrogen) atoms. The summed E-state index contributed by atoms with van der Waals surface area (Å²) in [6.07, 6.45) is 6.07. The molecule has 118 valence electrons. The van der Waals surface area contributed by atoms with E-state index in [0.29, 0.717) is 12.2 Å². The Bertz CT molecular complexity index is 636. The zero-order valence-corrected chi connectivity index (χ0v) is 12.9. The number of nitrogens with two attached hydrogens (primary N) is 1. The van der Waals surface area contributed by atoms with Crippen molar-refractivity contribution >= 4 is 21.5 Å². The Balaban J connectivity index is 2.02. The Kier molecular flexibility index (Phi) is 3.61. The smallest absolute Gasteiger partial charge is 0.182 e. The molecule has 4 N–H and O–H groups in total. The lowest BCUT2D eigenvalue weighted by atomic mass is 9.93. The maximum absolute atomic E-state index is 12.0. The summed E-state index contributed by atoms with van der Waals surface area (Å²) >= 11 is 0. The predicted molar refractivity (Wildman–Crippen MR) is 79.9 cm³/mol. The lowest BCUT2D eigenvalue weighted by molar-refractivity contribution is 0.0706. The number of nitrogens with zero attached hydrogens (tertiary/aromatic N) is 2. The molecule has 2 atom stereocenters. The third-order valence-electron chi connectivity index (χ3n) is 4.20. The fraction of sp³-hybridized carbons (Fsp3) is 0.769. The summed E-state index contributed by atoms with van der Waals surface area (Å²) in [4.78, 5) is 0.0622. The number of nitrogens with one attached hydrogen (secondary N) is 1. The largest absolute Gasteiger partial charge is 0.391 e. The average molecular weight is 314 g/mol. The number of anilines is 2. The minimum absolute atomic E-state index is 0.0622. The fourth-order valence-electron chi connectivity index (χ4n) is 2.94. The Morgan fingerprint density at radius 2 is 1.95 bits per heavy atom. The predicted octanol–water partition coefficient (Wildman–Crippen LogP) is 0.919. The number of hydrogen-bond donors (Lipinski definition) is 3. The molecule has 0 saturated heterocycles. The molecule has 0 aromatic carbocycles. The first kappa shape index (κ1) is 14.6. The molecule has 3 rings (SSSR count). The summed E-state index contributed by atoms with van der Waals surface area (Å²) in [6, 6.07) is 0.0403. The van der Waals surface area contributed by atoms with Crippen LogP contribution in [0.25, 0.3) is 0 Å². The number of sulfone groups is 1. The van der Waals surface area contributed by atoms with Gasteiger partial charge in [0.15, 0.2) is 20.6 Å². The summed E-state index contributed by atoms with van der Waals surface area (Å²) < 4.78 is 25.5. The Labute approximate surface area is 124 Å². The molecule has 0 radical (unpaired) electrons. The Hall–Kier alpha value is -1.28. The second-order valence-corrected chi connectivity index (χ2v) is 8.07. The highest BCUT2D eigenvalue weighted by atomic mass is 32.2. The number of nitrogen functional groups attached to an aromatic ring is 1. The van der Waals surface area contributed by atoms with Gasteiger partial charge in [-0.1, -0.05) is 12.8 Å². The average Bonchev–Trinajstić information content (AvgIpc) is 3.12.